The van der Waals surface area contributed by atoms with Crippen LogP contribution in [0.2, 0.25) is 0 Å². The Bertz CT molecular complexity index is 353. The van der Waals surface area contributed by atoms with E-state index >= 15 is 0 Å². The summed E-state index contributed by atoms with van der Waals surface area (Å²) in [5.41, 5.74) is 1.60. The molecule has 2 nitrogen and oxygen atoms in total. The second kappa shape index (κ2) is 4.29. The lowest BCUT2D eigenvalue weighted by atomic mass is 9.94. The van der Waals surface area contributed by atoms with Crippen molar-refractivity contribution in [3.63, 3.8) is 0 Å². The number of nitrogens with one attached hydrogen (secondary N) is 1. The van der Waals surface area contributed by atoms with Crippen LogP contribution in [0.25, 0.3) is 0 Å². The van der Waals surface area contributed by atoms with Crippen molar-refractivity contribution in [2.24, 2.45) is 0 Å². The summed E-state index contributed by atoms with van der Waals surface area (Å²) < 4.78 is 13.1. The van der Waals surface area contributed by atoms with E-state index in [2.05, 4.69) is 5.32 Å². The largest absolute Gasteiger partial charge is 0.391 e. The van der Waals surface area contributed by atoms with Gasteiger partial charge in [-0.25, -0.2) is 4.39 Å². The van der Waals surface area contributed by atoms with Crippen molar-refractivity contribution in [3.05, 3.63) is 35.1 Å². The van der Waals surface area contributed by atoms with Crippen molar-refractivity contribution >= 4 is 0 Å². The molecule has 1 aliphatic heterocycles. The topological polar surface area (TPSA) is 32.3 Å². The minimum Gasteiger partial charge on any atom is -0.391 e. The fraction of sp³-hybridized carbons (Fsp3) is 0.500. The first-order chi connectivity index (χ1) is 7.18. The molecule has 2 unspecified atom stereocenters. The highest BCUT2D eigenvalue weighted by atomic mass is 19.1. The highest BCUT2D eigenvalue weighted by Gasteiger charge is 2.24. The van der Waals surface area contributed by atoms with Crippen molar-refractivity contribution < 1.29 is 9.50 Å². The monoisotopic (exact) mass is 209 g/mol. The first-order valence-electron chi connectivity index (χ1n) is 5.36. The zero-order valence-electron chi connectivity index (χ0n) is 8.83. The summed E-state index contributed by atoms with van der Waals surface area (Å²) in [4.78, 5) is 0. The Kier molecular flexibility index (Phi) is 3.03. The van der Waals surface area contributed by atoms with Gasteiger partial charge < -0.3 is 10.4 Å². The van der Waals surface area contributed by atoms with Crippen LogP contribution >= 0.6 is 0 Å². The molecular formula is C12H16FNO. The molecule has 1 aromatic carbocycles. The van der Waals surface area contributed by atoms with Crippen molar-refractivity contribution in [2.45, 2.75) is 31.9 Å². The molecule has 2 atom stereocenters. The van der Waals surface area contributed by atoms with Gasteiger partial charge in [0.15, 0.2) is 0 Å². The summed E-state index contributed by atoms with van der Waals surface area (Å²) in [6.07, 6.45) is 1.45. The van der Waals surface area contributed by atoms with Crippen molar-refractivity contribution in [1.82, 2.24) is 5.32 Å². The molecule has 15 heavy (non-hydrogen) atoms. The highest BCUT2D eigenvalue weighted by molar-refractivity contribution is 5.27. The molecule has 2 N–H and O–H groups in total. The van der Waals surface area contributed by atoms with E-state index in [9.17, 15) is 9.50 Å². The van der Waals surface area contributed by atoms with E-state index in [1.165, 1.54) is 6.07 Å². The molecule has 0 aliphatic carbocycles. The maximum Gasteiger partial charge on any atom is 0.126 e. The van der Waals surface area contributed by atoms with E-state index in [1.807, 2.05) is 6.07 Å². The van der Waals surface area contributed by atoms with Crippen molar-refractivity contribution in [1.29, 1.82) is 0 Å². The predicted molar refractivity (Wildman–Crippen MR) is 57.1 cm³/mol. The number of hydrogen-bond donors (Lipinski definition) is 2. The molecule has 1 heterocycles. The number of benzene rings is 1. The Morgan fingerprint density at radius 2 is 2.27 bits per heavy atom. The molecule has 1 fully saturated rings. The van der Waals surface area contributed by atoms with E-state index in [0.29, 0.717) is 5.56 Å². The summed E-state index contributed by atoms with van der Waals surface area (Å²) in [7, 11) is 0. The lowest BCUT2D eigenvalue weighted by Gasteiger charge is -2.29. The zero-order chi connectivity index (χ0) is 10.8. The number of piperidine rings is 1. The van der Waals surface area contributed by atoms with Gasteiger partial charge in [0.1, 0.15) is 5.82 Å². The zero-order valence-corrected chi connectivity index (χ0v) is 8.83. The lowest BCUT2D eigenvalue weighted by Crippen LogP contribution is -2.37. The highest BCUT2D eigenvalue weighted by Crippen LogP contribution is 2.24. The van der Waals surface area contributed by atoms with E-state index in [-0.39, 0.29) is 18.0 Å². The molecule has 1 aromatic rings. The molecule has 0 saturated carbocycles. The Morgan fingerprint density at radius 3 is 2.93 bits per heavy atom. The normalized spacial score (nSPS) is 26.6. The number of rotatable bonds is 1. The third-order valence-corrected chi connectivity index (χ3v) is 2.97. The van der Waals surface area contributed by atoms with Crippen LogP contribution in [0.3, 0.4) is 0 Å². The third-order valence-electron chi connectivity index (χ3n) is 2.97. The van der Waals surface area contributed by atoms with Gasteiger partial charge in [0.2, 0.25) is 0 Å². The van der Waals surface area contributed by atoms with Crippen molar-refractivity contribution in [3.8, 4) is 0 Å². The second-order valence-corrected chi connectivity index (χ2v) is 4.15. The van der Waals surface area contributed by atoms with Crippen LogP contribution in [0.15, 0.2) is 18.2 Å². The van der Waals surface area contributed by atoms with Gasteiger partial charge in [0, 0.05) is 0 Å². The molecule has 0 aromatic heterocycles. The van der Waals surface area contributed by atoms with E-state index in [1.54, 1.807) is 13.0 Å². The van der Waals surface area contributed by atoms with Gasteiger partial charge >= 0.3 is 0 Å². The Labute approximate surface area is 89.1 Å². The minimum atomic E-state index is -0.358. The molecule has 1 aliphatic rings. The van der Waals surface area contributed by atoms with Crippen LogP contribution in [0.5, 0.6) is 0 Å². The van der Waals surface area contributed by atoms with Crippen LogP contribution in [-0.4, -0.2) is 17.8 Å². The Hall–Kier alpha value is -0.930. The minimum absolute atomic E-state index is 0.0435. The number of aryl methyl sites for hydroxylation is 1. The molecule has 0 radical (unpaired) electrons. The van der Waals surface area contributed by atoms with Gasteiger partial charge in [0.25, 0.3) is 0 Å². The smallest absolute Gasteiger partial charge is 0.126 e. The number of halogens is 1. The molecule has 1 saturated heterocycles. The Morgan fingerprint density at radius 1 is 1.47 bits per heavy atom. The van der Waals surface area contributed by atoms with Gasteiger partial charge in [0.05, 0.1) is 12.1 Å². The number of hydrogen-bond acceptors (Lipinski definition) is 2. The molecule has 3 heteroatoms. The molecular weight excluding hydrogens is 193 g/mol. The van der Waals surface area contributed by atoms with E-state index in [0.717, 1.165) is 24.9 Å². The summed E-state index contributed by atoms with van der Waals surface area (Å²) >= 11 is 0. The van der Waals surface area contributed by atoms with Crippen LogP contribution < -0.4 is 5.32 Å². The summed E-state index contributed by atoms with van der Waals surface area (Å²) in [5, 5.41) is 13.1. The molecule has 0 amide bonds. The second-order valence-electron chi connectivity index (χ2n) is 4.15. The summed E-state index contributed by atoms with van der Waals surface area (Å²) in [6, 6.07) is 4.97. The fourth-order valence-corrected chi connectivity index (χ4v) is 2.07. The van der Waals surface area contributed by atoms with Gasteiger partial charge in [-0.2, -0.15) is 0 Å². The SMILES string of the molecule is Cc1cc(C2NCCCC2O)ccc1F. The molecule has 0 spiro atoms. The van der Waals surface area contributed by atoms with E-state index < -0.39 is 0 Å². The van der Waals surface area contributed by atoms with Gasteiger partial charge in [-0.15, -0.1) is 0 Å². The van der Waals surface area contributed by atoms with Crippen LogP contribution in [0.4, 0.5) is 4.39 Å². The van der Waals surface area contributed by atoms with Crippen molar-refractivity contribution in [2.75, 3.05) is 6.54 Å². The predicted octanol–water partition coefficient (Wildman–Crippen LogP) is 1.92. The number of aliphatic hydroxyl groups excluding tert-OH is 1. The number of aliphatic hydroxyl groups is 1. The standard InChI is InChI=1S/C12H16FNO/c1-8-7-9(4-5-10(8)13)12-11(15)3-2-6-14-12/h4-5,7,11-12,14-15H,2-3,6H2,1H3. The quantitative estimate of drug-likeness (QED) is 0.740. The van der Waals surface area contributed by atoms with E-state index in [4.69, 9.17) is 0 Å². The summed E-state index contributed by atoms with van der Waals surface area (Å²) in [6.45, 7) is 2.66. The maximum atomic E-state index is 13.1. The lowest BCUT2D eigenvalue weighted by molar-refractivity contribution is 0.0965. The first kappa shape index (κ1) is 10.6. The van der Waals surface area contributed by atoms with Gasteiger partial charge in [-0.3, -0.25) is 0 Å². The molecule has 0 bridgehead atoms. The summed E-state index contributed by atoms with van der Waals surface area (Å²) in [5.74, 6) is -0.191. The molecule has 2 rings (SSSR count). The fourth-order valence-electron chi connectivity index (χ4n) is 2.07. The maximum absolute atomic E-state index is 13.1. The van der Waals surface area contributed by atoms with Crippen LogP contribution in [-0.2, 0) is 0 Å². The van der Waals surface area contributed by atoms with Crippen LogP contribution in [0, 0.1) is 12.7 Å². The van der Waals surface area contributed by atoms with Crippen LogP contribution in [0.1, 0.15) is 30.0 Å². The van der Waals surface area contributed by atoms with Gasteiger partial charge in [-0.05, 0) is 43.5 Å². The Balaban J connectivity index is 2.24. The third kappa shape index (κ3) is 2.19. The van der Waals surface area contributed by atoms with Gasteiger partial charge in [-0.1, -0.05) is 12.1 Å². The average molecular weight is 209 g/mol. The average Bonchev–Trinajstić information content (AvgIpc) is 2.23. The molecule has 82 valence electrons. The first-order valence-corrected chi connectivity index (χ1v) is 5.36.